The normalized spacial score (nSPS) is 26.9. The molecule has 1 saturated heterocycles. The van der Waals surface area contributed by atoms with Gasteiger partial charge in [-0.15, -0.1) is 0 Å². The number of carboxylic acid groups (broad SMARTS) is 1. The lowest BCUT2D eigenvalue weighted by Gasteiger charge is -2.34. The fourth-order valence-electron chi connectivity index (χ4n) is 2.08. The molecule has 3 unspecified atom stereocenters. The maximum Gasteiger partial charge on any atom is 0.317 e. The summed E-state index contributed by atoms with van der Waals surface area (Å²) in [4.78, 5) is 12.3. The molecule has 0 amide bonds. The van der Waals surface area contributed by atoms with Crippen LogP contribution in [0.2, 0.25) is 0 Å². The van der Waals surface area contributed by atoms with Gasteiger partial charge in [0.15, 0.2) is 9.84 Å². The van der Waals surface area contributed by atoms with Crippen LogP contribution in [0.4, 0.5) is 0 Å². The Bertz CT molecular complexity index is 378. The Morgan fingerprint density at radius 3 is 2.41 bits per heavy atom. The molecule has 0 spiro atoms. The second-order valence-corrected chi connectivity index (χ2v) is 6.83. The van der Waals surface area contributed by atoms with Gasteiger partial charge in [0, 0.05) is 12.1 Å². The van der Waals surface area contributed by atoms with Gasteiger partial charge >= 0.3 is 5.97 Å². The van der Waals surface area contributed by atoms with E-state index in [1.807, 2.05) is 0 Å². The van der Waals surface area contributed by atoms with Crippen LogP contribution in [0, 0.1) is 0 Å². The quantitative estimate of drug-likeness (QED) is 0.684. The summed E-state index contributed by atoms with van der Waals surface area (Å²) in [5.41, 5.74) is 0. The van der Waals surface area contributed by atoms with Crippen molar-refractivity contribution in [2.24, 2.45) is 0 Å². The molecule has 1 heterocycles. The van der Waals surface area contributed by atoms with E-state index in [1.165, 1.54) is 0 Å². The molecule has 1 aliphatic rings. The molecule has 7 heteroatoms. The lowest BCUT2D eigenvalue weighted by atomic mass is 10.1. The van der Waals surface area contributed by atoms with E-state index < -0.39 is 21.9 Å². The molecule has 100 valence electrons. The lowest BCUT2D eigenvalue weighted by molar-refractivity contribution is -0.140. The summed E-state index contributed by atoms with van der Waals surface area (Å²) in [5, 5.41) is 18.3. The Morgan fingerprint density at radius 2 is 2.06 bits per heavy atom. The Hall–Kier alpha value is -0.660. The lowest BCUT2D eigenvalue weighted by Crippen LogP contribution is -2.49. The maximum absolute atomic E-state index is 11.4. The van der Waals surface area contributed by atoms with Crippen LogP contribution < -0.4 is 0 Å². The van der Waals surface area contributed by atoms with E-state index in [2.05, 4.69) is 0 Å². The molecule has 0 aromatic rings. The van der Waals surface area contributed by atoms with Crippen molar-refractivity contribution in [2.45, 2.75) is 38.5 Å². The van der Waals surface area contributed by atoms with Crippen LogP contribution in [0.1, 0.15) is 20.3 Å². The first-order valence-corrected chi connectivity index (χ1v) is 7.41. The molecule has 0 aromatic carbocycles. The van der Waals surface area contributed by atoms with Crippen LogP contribution in [0.5, 0.6) is 0 Å². The van der Waals surface area contributed by atoms with Crippen molar-refractivity contribution in [2.75, 3.05) is 18.1 Å². The van der Waals surface area contributed by atoms with Gasteiger partial charge in [-0.3, -0.25) is 9.69 Å². The zero-order valence-electron chi connectivity index (χ0n) is 10.0. The number of carboxylic acids is 1. The minimum Gasteiger partial charge on any atom is -0.480 e. The second kappa shape index (κ2) is 5.32. The number of sulfone groups is 1. The third-order valence-electron chi connectivity index (χ3n) is 3.22. The summed E-state index contributed by atoms with van der Waals surface area (Å²) in [7, 11) is -3.05. The molecule has 0 radical (unpaired) electrons. The standard InChI is InChI=1S/C10H19NO5S/c1-7(8(2)12)11(5-10(13)14)9-3-4-17(15,16)6-9/h7-9,12H,3-6H2,1-2H3,(H,13,14). The molecular formula is C10H19NO5S. The van der Waals surface area contributed by atoms with Gasteiger partial charge < -0.3 is 10.2 Å². The number of aliphatic carboxylic acids is 1. The predicted octanol–water partition coefficient (Wildman–Crippen LogP) is -0.671. The highest BCUT2D eigenvalue weighted by Gasteiger charge is 2.36. The van der Waals surface area contributed by atoms with E-state index in [4.69, 9.17) is 5.11 Å². The number of carbonyl (C=O) groups is 1. The van der Waals surface area contributed by atoms with Crippen molar-refractivity contribution >= 4 is 15.8 Å². The SMILES string of the molecule is CC(O)C(C)N(CC(=O)O)C1CCS(=O)(=O)C1. The van der Waals surface area contributed by atoms with E-state index in [1.54, 1.807) is 18.7 Å². The number of aliphatic hydroxyl groups excluding tert-OH is 1. The van der Waals surface area contributed by atoms with Gasteiger partial charge in [-0.2, -0.15) is 0 Å². The van der Waals surface area contributed by atoms with Gasteiger partial charge in [-0.25, -0.2) is 8.42 Å². The van der Waals surface area contributed by atoms with E-state index in [9.17, 15) is 18.3 Å². The number of hydrogen-bond acceptors (Lipinski definition) is 5. The summed E-state index contributed by atoms with van der Waals surface area (Å²) in [5.74, 6) is -0.931. The molecule has 2 N–H and O–H groups in total. The molecule has 3 atom stereocenters. The molecule has 0 saturated carbocycles. The number of rotatable bonds is 5. The van der Waals surface area contributed by atoms with Gasteiger partial charge in [0.25, 0.3) is 0 Å². The first kappa shape index (κ1) is 14.4. The predicted molar refractivity (Wildman–Crippen MR) is 62.5 cm³/mol. The van der Waals surface area contributed by atoms with Crippen LogP contribution in [0.25, 0.3) is 0 Å². The van der Waals surface area contributed by atoms with E-state index in [0.717, 1.165) is 0 Å². The Morgan fingerprint density at radius 1 is 1.47 bits per heavy atom. The van der Waals surface area contributed by atoms with Crippen molar-refractivity contribution in [3.05, 3.63) is 0 Å². The third-order valence-corrected chi connectivity index (χ3v) is 4.97. The Kier molecular flexibility index (Phi) is 4.51. The van der Waals surface area contributed by atoms with Crippen molar-refractivity contribution in [3.63, 3.8) is 0 Å². The molecule has 0 bridgehead atoms. The average molecular weight is 265 g/mol. The number of nitrogens with zero attached hydrogens (tertiary/aromatic N) is 1. The highest BCUT2D eigenvalue weighted by Crippen LogP contribution is 2.20. The molecule has 1 rings (SSSR count). The van der Waals surface area contributed by atoms with Gasteiger partial charge in [-0.1, -0.05) is 0 Å². The largest absolute Gasteiger partial charge is 0.480 e. The topological polar surface area (TPSA) is 94.9 Å². The second-order valence-electron chi connectivity index (χ2n) is 4.60. The summed E-state index contributed by atoms with van der Waals surface area (Å²) in [6.45, 7) is 3.04. The smallest absolute Gasteiger partial charge is 0.317 e. The Balaban J connectivity index is 2.80. The minimum atomic E-state index is -3.05. The highest BCUT2D eigenvalue weighted by molar-refractivity contribution is 7.91. The van der Waals surface area contributed by atoms with Gasteiger partial charge in [0.05, 0.1) is 24.2 Å². The molecule has 0 aromatic heterocycles. The van der Waals surface area contributed by atoms with Crippen LogP contribution in [0.3, 0.4) is 0 Å². The summed E-state index contributed by atoms with van der Waals surface area (Å²) in [6, 6.07) is -0.676. The van der Waals surface area contributed by atoms with Gasteiger partial charge in [-0.05, 0) is 20.3 Å². The van der Waals surface area contributed by atoms with Gasteiger partial charge in [0.1, 0.15) is 0 Å². The zero-order chi connectivity index (χ0) is 13.2. The number of aliphatic hydroxyl groups is 1. The first-order valence-electron chi connectivity index (χ1n) is 5.59. The molecule has 6 nitrogen and oxygen atoms in total. The maximum atomic E-state index is 11.4. The first-order chi connectivity index (χ1) is 7.73. The van der Waals surface area contributed by atoms with Crippen molar-refractivity contribution < 1.29 is 23.4 Å². The molecular weight excluding hydrogens is 246 g/mol. The monoisotopic (exact) mass is 265 g/mol. The average Bonchev–Trinajstić information content (AvgIpc) is 2.53. The van der Waals surface area contributed by atoms with Crippen LogP contribution in [0.15, 0.2) is 0 Å². The van der Waals surface area contributed by atoms with Crippen molar-refractivity contribution in [1.82, 2.24) is 4.90 Å². The minimum absolute atomic E-state index is 0.0165. The molecule has 1 fully saturated rings. The van der Waals surface area contributed by atoms with Crippen LogP contribution in [-0.2, 0) is 14.6 Å². The summed E-state index contributed by atoms with van der Waals surface area (Å²) < 4.78 is 22.8. The van der Waals surface area contributed by atoms with Crippen LogP contribution in [-0.4, -0.2) is 65.7 Å². The van der Waals surface area contributed by atoms with E-state index >= 15 is 0 Å². The summed E-state index contributed by atoms with van der Waals surface area (Å²) >= 11 is 0. The molecule has 1 aliphatic heterocycles. The third kappa shape index (κ3) is 3.93. The number of hydrogen-bond donors (Lipinski definition) is 2. The van der Waals surface area contributed by atoms with Crippen LogP contribution >= 0.6 is 0 Å². The highest BCUT2D eigenvalue weighted by atomic mass is 32.2. The fourth-order valence-corrected chi connectivity index (χ4v) is 3.82. The van der Waals surface area contributed by atoms with E-state index in [0.29, 0.717) is 6.42 Å². The van der Waals surface area contributed by atoms with Crippen molar-refractivity contribution in [3.8, 4) is 0 Å². The van der Waals surface area contributed by atoms with Gasteiger partial charge in [0.2, 0.25) is 0 Å². The fraction of sp³-hybridized carbons (Fsp3) is 0.900. The molecule has 17 heavy (non-hydrogen) atoms. The van der Waals surface area contributed by atoms with E-state index in [-0.39, 0.29) is 30.1 Å². The zero-order valence-corrected chi connectivity index (χ0v) is 10.9. The summed E-state index contributed by atoms with van der Waals surface area (Å²) in [6.07, 6.45) is -0.259. The molecule has 0 aliphatic carbocycles. The Labute approximate surface area is 101 Å². The van der Waals surface area contributed by atoms with Crippen molar-refractivity contribution in [1.29, 1.82) is 0 Å².